The van der Waals surface area contributed by atoms with E-state index in [4.69, 9.17) is 11.6 Å². The Hall–Kier alpha value is -1.91. The average molecular weight is 317 g/mol. The first-order valence-electron chi connectivity index (χ1n) is 6.48. The third kappa shape index (κ3) is 2.77. The number of hydrogen-bond acceptors (Lipinski definition) is 3. The summed E-state index contributed by atoms with van der Waals surface area (Å²) >= 11 is 7.32. The van der Waals surface area contributed by atoms with Crippen molar-refractivity contribution in [3.8, 4) is 0 Å². The predicted octanol–water partition coefficient (Wildman–Crippen LogP) is 4.82. The van der Waals surface area contributed by atoms with Crippen molar-refractivity contribution >= 4 is 44.2 Å². The summed E-state index contributed by atoms with van der Waals surface area (Å²) < 4.78 is 1.11. The van der Waals surface area contributed by atoms with Gasteiger partial charge in [-0.2, -0.15) is 0 Å². The van der Waals surface area contributed by atoms with Crippen LogP contribution in [0.5, 0.6) is 0 Å². The molecule has 1 aromatic heterocycles. The zero-order chi connectivity index (χ0) is 15.0. The minimum Gasteiger partial charge on any atom is -0.298 e. The van der Waals surface area contributed by atoms with E-state index in [-0.39, 0.29) is 5.91 Å². The number of aryl methyl sites for hydroxylation is 2. The highest BCUT2D eigenvalue weighted by molar-refractivity contribution is 7.22. The van der Waals surface area contributed by atoms with Crippen molar-refractivity contribution in [1.82, 2.24) is 4.98 Å². The third-order valence-corrected chi connectivity index (χ3v) is 4.63. The normalized spacial score (nSPS) is 10.8. The molecule has 5 heteroatoms. The minimum atomic E-state index is -0.180. The van der Waals surface area contributed by atoms with Crippen molar-refractivity contribution in [2.45, 2.75) is 13.8 Å². The second-order valence-electron chi connectivity index (χ2n) is 4.86. The Labute approximate surface area is 131 Å². The Bertz CT molecular complexity index is 785. The van der Waals surface area contributed by atoms with Crippen LogP contribution in [0.4, 0.5) is 5.13 Å². The molecule has 1 amide bonds. The highest BCUT2D eigenvalue weighted by Crippen LogP contribution is 2.31. The van der Waals surface area contributed by atoms with Crippen molar-refractivity contribution in [3.63, 3.8) is 0 Å². The number of anilines is 1. The van der Waals surface area contributed by atoms with E-state index in [0.29, 0.717) is 15.7 Å². The molecule has 0 saturated heterocycles. The molecule has 0 fully saturated rings. The molecule has 0 radical (unpaired) electrons. The second-order valence-corrected chi connectivity index (χ2v) is 6.29. The maximum Gasteiger partial charge on any atom is 0.257 e. The van der Waals surface area contributed by atoms with E-state index >= 15 is 0 Å². The summed E-state index contributed by atoms with van der Waals surface area (Å²) in [6.07, 6.45) is 0. The Morgan fingerprint density at radius 3 is 2.43 bits per heavy atom. The molecule has 3 nitrogen and oxygen atoms in total. The fraction of sp³-hybridized carbons (Fsp3) is 0.125. The van der Waals surface area contributed by atoms with Crippen LogP contribution < -0.4 is 5.32 Å². The first-order valence-corrected chi connectivity index (χ1v) is 7.68. The number of amides is 1. The average Bonchev–Trinajstić information content (AvgIpc) is 2.89. The third-order valence-electron chi connectivity index (χ3n) is 3.27. The van der Waals surface area contributed by atoms with Crippen LogP contribution in [0, 0.1) is 13.8 Å². The SMILES string of the molecule is Cc1ccc(C)c2sc(NC(=O)c3ccc(Cl)cc3)nc12. The maximum absolute atomic E-state index is 12.2. The van der Waals surface area contributed by atoms with Gasteiger partial charge < -0.3 is 0 Å². The van der Waals surface area contributed by atoms with Gasteiger partial charge in [0.05, 0.1) is 10.2 Å². The summed E-state index contributed by atoms with van der Waals surface area (Å²) in [5.41, 5.74) is 3.79. The van der Waals surface area contributed by atoms with Crippen LogP contribution in [0.25, 0.3) is 10.2 Å². The number of fused-ring (bicyclic) bond motifs is 1. The van der Waals surface area contributed by atoms with E-state index in [1.807, 2.05) is 19.9 Å². The molecule has 0 aliphatic rings. The molecule has 21 heavy (non-hydrogen) atoms. The zero-order valence-electron chi connectivity index (χ0n) is 11.6. The number of nitrogens with one attached hydrogen (secondary N) is 1. The Balaban J connectivity index is 1.91. The molecule has 1 heterocycles. The maximum atomic E-state index is 12.2. The lowest BCUT2D eigenvalue weighted by Crippen LogP contribution is -2.11. The van der Waals surface area contributed by atoms with Gasteiger partial charge in [-0.3, -0.25) is 10.1 Å². The summed E-state index contributed by atoms with van der Waals surface area (Å²) in [6, 6.07) is 10.9. The Morgan fingerprint density at radius 1 is 1.10 bits per heavy atom. The van der Waals surface area contributed by atoms with Crippen molar-refractivity contribution in [1.29, 1.82) is 0 Å². The number of thiazole rings is 1. The summed E-state index contributed by atoms with van der Waals surface area (Å²) in [7, 11) is 0. The summed E-state index contributed by atoms with van der Waals surface area (Å²) in [5.74, 6) is -0.180. The van der Waals surface area contributed by atoms with Gasteiger partial charge in [0.15, 0.2) is 5.13 Å². The molecule has 1 N–H and O–H groups in total. The van der Waals surface area contributed by atoms with Gasteiger partial charge in [0, 0.05) is 10.6 Å². The highest BCUT2D eigenvalue weighted by Gasteiger charge is 2.12. The van der Waals surface area contributed by atoms with Gasteiger partial charge in [-0.15, -0.1) is 0 Å². The van der Waals surface area contributed by atoms with E-state index in [9.17, 15) is 4.79 Å². The van der Waals surface area contributed by atoms with E-state index in [1.54, 1.807) is 24.3 Å². The van der Waals surface area contributed by atoms with Gasteiger partial charge in [0.2, 0.25) is 0 Å². The molecule has 0 spiro atoms. The molecule has 0 aliphatic heterocycles. The molecule has 0 saturated carbocycles. The number of aromatic nitrogens is 1. The number of carbonyl (C=O) groups is 1. The lowest BCUT2D eigenvalue weighted by atomic mass is 10.1. The molecular formula is C16H13ClN2OS. The van der Waals surface area contributed by atoms with Crippen molar-refractivity contribution in [3.05, 3.63) is 58.1 Å². The lowest BCUT2D eigenvalue weighted by molar-refractivity contribution is 0.102. The topological polar surface area (TPSA) is 42.0 Å². The lowest BCUT2D eigenvalue weighted by Gasteiger charge is -2.01. The summed E-state index contributed by atoms with van der Waals surface area (Å²) in [6.45, 7) is 4.07. The van der Waals surface area contributed by atoms with Crippen molar-refractivity contribution in [2.75, 3.05) is 5.32 Å². The van der Waals surface area contributed by atoms with E-state index < -0.39 is 0 Å². The molecule has 0 aliphatic carbocycles. The van der Waals surface area contributed by atoms with Crippen LogP contribution in [-0.2, 0) is 0 Å². The predicted molar refractivity (Wildman–Crippen MR) is 88.5 cm³/mol. The molecule has 3 aromatic rings. The molecule has 3 rings (SSSR count). The Morgan fingerprint density at radius 2 is 1.76 bits per heavy atom. The Kier molecular flexibility index (Phi) is 3.66. The molecule has 0 unspecified atom stereocenters. The van der Waals surface area contributed by atoms with Crippen LogP contribution in [0.3, 0.4) is 0 Å². The fourth-order valence-electron chi connectivity index (χ4n) is 2.08. The van der Waals surface area contributed by atoms with Crippen molar-refractivity contribution in [2.24, 2.45) is 0 Å². The van der Waals surface area contributed by atoms with Gasteiger partial charge in [0.1, 0.15) is 0 Å². The van der Waals surface area contributed by atoms with E-state index in [2.05, 4.69) is 16.4 Å². The number of hydrogen-bond donors (Lipinski definition) is 1. The van der Waals surface area contributed by atoms with Crippen LogP contribution >= 0.6 is 22.9 Å². The highest BCUT2D eigenvalue weighted by atomic mass is 35.5. The minimum absolute atomic E-state index is 0.180. The van der Waals surface area contributed by atoms with Crippen molar-refractivity contribution < 1.29 is 4.79 Å². The number of benzene rings is 2. The largest absolute Gasteiger partial charge is 0.298 e. The number of carbonyl (C=O) groups excluding carboxylic acids is 1. The van der Waals surface area contributed by atoms with E-state index in [1.165, 1.54) is 16.9 Å². The first kappa shape index (κ1) is 14.0. The van der Waals surface area contributed by atoms with Crippen LogP contribution in [-0.4, -0.2) is 10.9 Å². The van der Waals surface area contributed by atoms with Gasteiger partial charge in [-0.05, 0) is 49.2 Å². The number of nitrogens with zero attached hydrogens (tertiary/aromatic N) is 1. The van der Waals surface area contributed by atoms with Crippen LogP contribution in [0.1, 0.15) is 21.5 Å². The smallest absolute Gasteiger partial charge is 0.257 e. The summed E-state index contributed by atoms with van der Waals surface area (Å²) in [4.78, 5) is 16.7. The van der Waals surface area contributed by atoms with Gasteiger partial charge in [0.25, 0.3) is 5.91 Å². The second kappa shape index (κ2) is 5.47. The molecule has 0 bridgehead atoms. The van der Waals surface area contributed by atoms with E-state index in [0.717, 1.165) is 15.8 Å². The number of halogens is 1. The molecular weight excluding hydrogens is 304 g/mol. The van der Waals surface area contributed by atoms with Crippen LogP contribution in [0.15, 0.2) is 36.4 Å². The monoisotopic (exact) mass is 316 g/mol. The standard InChI is InChI=1S/C16H13ClN2OS/c1-9-3-4-10(2)14-13(9)18-16(21-14)19-15(20)11-5-7-12(17)8-6-11/h3-8H,1-2H3,(H,18,19,20). The summed E-state index contributed by atoms with van der Waals surface area (Å²) in [5, 5.41) is 4.07. The molecule has 0 atom stereocenters. The number of rotatable bonds is 2. The first-order chi connectivity index (χ1) is 10.0. The fourth-order valence-corrected chi connectivity index (χ4v) is 3.22. The van der Waals surface area contributed by atoms with Crippen LogP contribution in [0.2, 0.25) is 5.02 Å². The molecule has 106 valence electrons. The van der Waals surface area contributed by atoms with Gasteiger partial charge in [-0.1, -0.05) is 35.1 Å². The zero-order valence-corrected chi connectivity index (χ0v) is 13.2. The molecule has 2 aromatic carbocycles. The van der Waals surface area contributed by atoms with Gasteiger partial charge >= 0.3 is 0 Å². The quantitative estimate of drug-likeness (QED) is 0.736. The van der Waals surface area contributed by atoms with Gasteiger partial charge in [-0.25, -0.2) is 4.98 Å².